The number of alkyl halides is 3. The quantitative estimate of drug-likeness (QED) is 0.842. The highest BCUT2D eigenvalue weighted by Crippen LogP contribution is 2.37. The molecule has 25 heavy (non-hydrogen) atoms. The predicted molar refractivity (Wildman–Crippen MR) is 81.7 cm³/mol. The van der Waals surface area contributed by atoms with E-state index in [2.05, 4.69) is 5.32 Å². The van der Waals surface area contributed by atoms with Crippen LogP contribution in [0.1, 0.15) is 21.5 Å². The van der Waals surface area contributed by atoms with Crippen molar-refractivity contribution in [3.05, 3.63) is 59.2 Å². The molecule has 0 saturated carbocycles. The minimum atomic E-state index is -4.76. The van der Waals surface area contributed by atoms with E-state index in [-0.39, 0.29) is 10.5 Å². The summed E-state index contributed by atoms with van der Waals surface area (Å²) < 4.78 is 68.3. The Balaban J connectivity index is 1.99. The zero-order valence-corrected chi connectivity index (χ0v) is 13.4. The minimum absolute atomic E-state index is 0.167. The molecule has 3 rings (SSSR count). The highest BCUT2D eigenvalue weighted by Gasteiger charge is 2.35. The van der Waals surface area contributed by atoms with Crippen molar-refractivity contribution < 1.29 is 30.6 Å². The molecule has 5 nitrogen and oxygen atoms in total. The second-order valence-electron chi connectivity index (χ2n) is 5.36. The fourth-order valence-electron chi connectivity index (χ4n) is 2.49. The molecule has 0 radical (unpaired) electrons. The van der Waals surface area contributed by atoms with Crippen molar-refractivity contribution in [1.29, 1.82) is 0 Å². The predicted octanol–water partition coefficient (Wildman–Crippen LogP) is 2.76. The number of amides is 1. The van der Waals surface area contributed by atoms with Gasteiger partial charge in [-0.3, -0.25) is 4.79 Å². The maximum atomic E-state index is 13.0. The molecule has 9 heteroatoms. The molecule has 2 aromatic rings. The second kappa shape index (κ2) is 6.07. The van der Waals surface area contributed by atoms with E-state index in [1.807, 2.05) is 0 Å². The summed E-state index contributed by atoms with van der Waals surface area (Å²) in [6, 6.07) is 7.79. The first-order valence-electron chi connectivity index (χ1n) is 7.20. The van der Waals surface area contributed by atoms with Gasteiger partial charge in [0.25, 0.3) is 5.91 Å². The van der Waals surface area contributed by atoms with Gasteiger partial charge in [0.1, 0.15) is 4.90 Å². The van der Waals surface area contributed by atoms with E-state index >= 15 is 0 Å². The van der Waals surface area contributed by atoms with Crippen LogP contribution in [0.2, 0.25) is 0 Å². The summed E-state index contributed by atoms with van der Waals surface area (Å²) in [5.74, 6) is -1.26. The maximum Gasteiger partial charge on any atom is 0.420 e. The molecule has 0 bridgehead atoms. The highest BCUT2D eigenvalue weighted by atomic mass is 32.2. The van der Waals surface area contributed by atoms with Gasteiger partial charge in [-0.25, -0.2) is 0 Å². The van der Waals surface area contributed by atoms with Crippen molar-refractivity contribution in [1.82, 2.24) is 5.32 Å². The van der Waals surface area contributed by atoms with Crippen molar-refractivity contribution in [2.45, 2.75) is 17.5 Å². The van der Waals surface area contributed by atoms with Crippen molar-refractivity contribution in [2.24, 2.45) is 0 Å². The third-order valence-electron chi connectivity index (χ3n) is 3.69. The van der Waals surface area contributed by atoms with E-state index < -0.39 is 33.5 Å². The number of carbonyl (C=O) groups excluding carboxylic acids is 1. The fourth-order valence-corrected chi connectivity index (χ4v) is 3.46. The first kappa shape index (κ1) is 17.3. The lowest BCUT2D eigenvalue weighted by Crippen LogP contribution is -2.32. The summed E-state index contributed by atoms with van der Waals surface area (Å²) in [6.07, 6.45) is -4.22. The summed E-state index contributed by atoms with van der Waals surface area (Å²) in [4.78, 5) is 11.4. The molecule has 0 unspecified atom stereocenters. The normalized spacial score (nSPS) is 14.6. The standard InChI is InChI=1S/C16H12F3NO4S/c17-16(18,19)13-3-1-2-4-14(13)24-25(22,23)11-6-5-10-7-8-20-15(21)12(10)9-11/h1-6,9H,7-8H2,(H,20,21). The molecule has 0 aliphatic carbocycles. The number of carbonyl (C=O) groups is 1. The van der Waals surface area contributed by atoms with Crippen LogP contribution < -0.4 is 9.50 Å². The maximum absolute atomic E-state index is 13.0. The molecule has 1 N–H and O–H groups in total. The zero-order chi connectivity index (χ0) is 18.2. The van der Waals surface area contributed by atoms with Crippen LogP contribution in [-0.4, -0.2) is 20.9 Å². The summed E-state index contributed by atoms with van der Waals surface area (Å²) in [6.45, 7) is 0.438. The molecule has 1 aliphatic heterocycles. The molecule has 1 amide bonds. The summed E-state index contributed by atoms with van der Waals surface area (Å²) in [7, 11) is -4.53. The summed E-state index contributed by atoms with van der Waals surface area (Å²) in [5, 5.41) is 2.57. The molecular formula is C16H12F3NO4S. The van der Waals surface area contributed by atoms with Crippen molar-refractivity contribution in [3.63, 3.8) is 0 Å². The largest absolute Gasteiger partial charge is 0.420 e. The minimum Gasteiger partial charge on any atom is -0.378 e. The van der Waals surface area contributed by atoms with Crippen LogP contribution in [0, 0.1) is 0 Å². The Labute approximate surface area is 141 Å². The van der Waals surface area contributed by atoms with Crippen LogP contribution in [-0.2, 0) is 22.7 Å². The monoisotopic (exact) mass is 371 g/mol. The van der Waals surface area contributed by atoms with E-state index in [1.54, 1.807) is 0 Å². The van der Waals surface area contributed by atoms with Crippen molar-refractivity contribution in [2.75, 3.05) is 6.54 Å². The Hall–Kier alpha value is -2.55. The van der Waals surface area contributed by atoms with Crippen LogP contribution in [0.4, 0.5) is 13.2 Å². The molecular weight excluding hydrogens is 359 g/mol. The van der Waals surface area contributed by atoms with Crippen molar-refractivity contribution in [3.8, 4) is 5.75 Å². The Morgan fingerprint density at radius 3 is 2.52 bits per heavy atom. The molecule has 1 aliphatic rings. The van der Waals surface area contributed by atoms with Crippen LogP contribution in [0.15, 0.2) is 47.4 Å². The van der Waals surface area contributed by atoms with Gasteiger partial charge in [-0.1, -0.05) is 18.2 Å². The molecule has 0 spiro atoms. The summed E-state index contributed by atoms with van der Waals surface area (Å²) >= 11 is 0. The van der Waals surface area contributed by atoms with Gasteiger partial charge in [0.15, 0.2) is 5.75 Å². The van der Waals surface area contributed by atoms with Gasteiger partial charge < -0.3 is 9.50 Å². The van der Waals surface area contributed by atoms with Crippen molar-refractivity contribution >= 4 is 16.0 Å². The van der Waals surface area contributed by atoms with Gasteiger partial charge in [0.05, 0.1) is 5.56 Å². The van der Waals surface area contributed by atoms with E-state index in [0.29, 0.717) is 18.5 Å². The van der Waals surface area contributed by atoms with E-state index in [0.717, 1.165) is 24.3 Å². The molecule has 132 valence electrons. The van der Waals surface area contributed by atoms with Gasteiger partial charge in [-0.15, -0.1) is 0 Å². The second-order valence-corrected chi connectivity index (χ2v) is 6.90. The number of rotatable bonds is 3. The smallest absolute Gasteiger partial charge is 0.378 e. The molecule has 0 atom stereocenters. The van der Waals surface area contributed by atoms with Crippen LogP contribution in [0.5, 0.6) is 5.75 Å². The molecule has 0 saturated heterocycles. The van der Waals surface area contributed by atoms with Crippen LogP contribution in [0.25, 0.3) is 0 Å². The van der Waals surface area contributed by atoms with Crippen LogP contribution in [0.3, 0.4) is 0 Å². The van der Waals surface area contributed by atoms with Gasteiger partial charge in [-0.05, 0) is 36.2 Å². The number of halogens is 3. The Morgan fingerprint density at radius 2 is 1.80 bits per heavy atom. The molecule has 0 fully saturated rings. The zero-order valence-electron chi connectivity index (χ0n) is 12.6. The van der Waals surface area contributed by atoms with E-state index in [1.165, 1.54) is 18.2 Å². The number of fused-ring (bicyclic) bond motifs is 1. The van der Waals surface area contributed by atoms with E-state index in [4.69, 9.17) is 4.18 Å². The van der Waals surface area contributed by atoms with Gasteiger partial charge in [-0.2, -0.15) is 21.6 Å². The van der Waals surface area contributed by atoms with Gasteiger partial charge in [0.2, 0.25) is 0 Å². The third kappa shape index (κ3) is 3.46. The average Bonchev–Trinajstić information content (AvgIpc) is 2.54. The Bertz CT molecular complexity index is 939. The topological polar surface area (TPSA) is 72.5 Å². The Kier molecular flexibility index (Phi) is 4.19. The molecule has 2 aromatic carbocycles. The molecule has 1 heterocycles. The van der Waals surface area contributed by atoms with Gasteiger partial charge >= 0.3 is 16.3 Å². The lowest BCUT2D eigenvalue weighted by atomic mass is 10.0. The molecule has 0 aromatic heterocycles. The number of nitrogens with one attached hydrogen (secondary N) is 1. The van der Waals surface area contributed by atoms with E-state index in [9.17, 15) is 26.4 Å². The lowest BCUT2D eigenvalue weighted by Gasteiger charge is -2.18. The average molecular weight is 371 g/mol. The SMILES string of the molecule is O=C1NCCc2ccc(S(=O)(=O)Oc3ccccc3C(F)(F)F)cc21. The first-order chi connectivity index (χ1) is 11.7. The van der Waals surface area contributed by atoms with Gasteiger partial charge in [0, 0.05) is 12.1 Å². The third-order valence-corrected chi connectivity index (χ3v) is 4.92. The number of hydrogen-bond donors (Lipinski definition) is 1. The highest BCUT2D eigenvalue weighted by molar-refractivity contribution is 7.87. The number of para-hydroxylation sites is 1. The van der Waals surface area contributed by atoms with Crippen LogP contribution >= 0.6 is 0 Å². The first-order valence-corrected chi connectivity index (χ1v) is 8.61. The number of hydrogen-bond acceptors (Lipinski definition) is 4. The lowest BCUT2D eigenvalue weighted by molar-refractivity contribution is -0.138. The Morgan fingerprint density at radius 1 is 1.08 bits per heavy atom. The number of benzene rings is 2. The summed E-state index contributed by atoms with van der Waals surface area (Å²) in [5.41, 5.74) is -0.368. The fraction of sp³-hybridized carbons (Fsp3) is 0.188.